The number of esters is 1. The average Bonchev–Trinajstić information content (AvgIpc) is 3.34. The van der Waals surface area contributed by atoms with Crippen LogP contribution in [0.3, 0.4) is 0 Å². The zero-order valence-electron chi connectivity index (χ0n) is 23.6. The van der Waals surface area contributed by atoms with E-state index in [1.807, 2.05) is 13.0 Å². The van der Waals surface area contributed by atoms with Gasteiger partial charge in [-0.3, -0.25) is 0 Å². The summed E-state index contributed by atoms with van der Waals surface area (Å²) in [5.74, 6) is -0.267. The van der Waals surface area contributed by atoms with E-state index in [1.165, 1.54) is 13.2 Å². The lowest BCUT2D eigenvalue weighted by molar-refractivity contribution is -0.305. The van der Waals surface area contributed by atoms with Crippen molar-refractivity contribution in [2.24, 2.45) is 0 Å². The second kappa shape index (κ2) is 10.9. The molecule has 2 aromatic heterocycles. The number of H-pyrrole nitrogens is 1. The molecule has 5 atom stereocenters. The maximum absolute atomic E-state index is 12.9. The number of aryl methyl sites for hydroxylation is 2. The molecule has 4 heterocycles. The molecule has 2 fully saturated rings. The van der Waals surface area contributed by atoms with E-state index in [-0.39, 0.29) is 11.7 Å². The monoisotopic (exact) mass is 555 g/mol. The fourth-order valence-corrected chi connectivity index (χ4v) is 5.61. The number of carbonyl (C=O) groups excluding carboxylic acids is 1. The number of fused-ring (bicyclic) bond motifs is 1. The smallest absolute Gasteiger partial charge is 0.355 e. The summed E-state index contributed by atoms with van der Waals surface area (Å²) in [5, 5.41) is 15.5. The second-order valence-corrected chi connectivity index (χ2v) is 11.1. The number of aromatic nitrogens is 1. The maximum atomic E-state index is 12.9. The highest BCUT2D eigenvalue weighted by atomic mass is 16.7. The van der Waals surface area contributed by atoms with E-state index in [2.05, 4.69) is 22.1 Å². The lowest BCUT2D eigenvalue weighted by Gasteiger charge is -2.47. The van der Waals surface area contributed by atoms with E-state index in [1.54, 1.807) is 39.0 Å². The standard InChI is InChI=1S/C29H37N3O8/c1-15-7-9-19(31-15)27(35)39-25-23(34)28(40-29(4,5)26(25)36-6)37-21-10-8-18-20(32-12-11-30-16(2)14-32)13-22(33)38-24(18)17(21)3/h7-10,13,16,23,25-26,28,30-31,34H,11-12,14H2,1-6H3/t16?,23-,25+,26-,28-/m1/s1. The fraction of sp³-hybridized carbons (Fsp3) is 0.517. The molecule has 0 amide bonds. The van der Waals surface area contributed by atoms with Crippen molar-refractivity contribution in [2.75, 3.05) is 31.6 Å². The van der Waals surface area contributed by atoms with Gasteiger partial charge in [-0.2, -0.15) is 0 Å². The first-order valence-corrected chi connectivity index (χ1v) is 13.5. The van der Waals surface area contributed by atoms with E-state index in [0.29, 0.717) is 16.9 Å². The second-order valence-electron chi connectivity index (χ2n) is 11.1. The molecule has 0 bridgehead atoms. The van der Waals surface area contributed by atoms with Gasteiger partial charge in [0.05, 0.1) is 11.3 Å². The zero-order chi connectivity index (χ0) is 28.8. The molecule has 0 radical (unpaired) electrons. The van der Waals surface area contributed by atoms with Crippen LogP contribution in [0.5, 0.6) is 5.75 Å². The number of carbonyl (C=O) groups is 1. The number of rotatable bonds is 6. The third kappa shape index (κ3) is 5.34. The Labute approximate surface area is 232 Å². The lowest BCUT2D eigenvalue weighted by Crippen LogP contribution is -2.65. The van der Waals surface area contributed by atoms with Gasteiger partial charge in [0.15, 0.2) is 12.2 Å². The summed E-state index contributed by atoms with van der Waals surface area (Å²) in [4.78, 5) is 30.6. The number of piperazine rings is 1. The maximum Gasteiger partial charge on any atom is 0.355 e. The van der Waals surface area contributed by atoms with E-state index in [0.717, 1.165) is 36.4 Å². The number of hydrogen-bond donors (Lipinski definition) is 3. The van der Waals surface area contributed by atoms with Gasteiger partial charge in [-0.05, 0) is 58.9 Å². The number of hydrogen-bond acceptors (Lipinski definition) is 10. The van der Waals surface area contributed by atoms with Crippen molar-refractivity contribution in [3.63, 3.8) is 0 Å². The predicted octanol–water partition coefficient (Wildman–Crippen LogP) is 2.65. The highest BCUT2D eigenvalue weighted by Crippen LogP contribution is 2.37. The topological polar surface area (TPSA) is 135 Å². The molecule has 2 aliphatic rings. The molecular weight excluding hydrogens is 518 g/mol. The molecule has 40 heavy (non-hydrogen) atoms. The molecule has 11 nitrogen and oxygen atoms in total. The number of benzene rings is 1. The number of nitrogens with one attached hydrogen (secondary N) is 2. The first-order chi connectivity index (χ1) is 19.0. The Hall–Kier alpha value is -3.38. The van der Waals surface area contributed by atoms with Gasteiger partial charge in [0, 0.05) is 55.5 Å². The van der Waals surface area contributed by atoms with Crippen LogP contribution in [0.1, 0.15) is 42.5 Å². The Morgan fingerprint density at radius 3 is 2.65 bits per heavy atom. The van der Waals surface area contributed by atoms with E-state index in [9.17, 15) is 14.7 Å². The normalized spacial score (nSPS) is 26.6. The molecule has 11 heteroatoms. The fourth-order valence-electron chi connectivity index (χ4n) is 5.61. The first-order valence-electron chi connectivity index (χ1n) is 13.5. The van der Waals surface area contributed by atoms with Crippen LogP contribution in [0.4, 0.5) is 5.69 Å². The van der Waals surface area contributed by atoms with Crippen molar-refractivity contribution in [1.82, 2.24) is 10.3 Å². The molecule has 0 spiro atoms. The molecule has 5 rings (SSSR count). The molecule has 3 aromatic rings. The van der Waals surface area contributed by atoms with Crippen molar-refractivity contribution >= 4 is 22.6 Å². The number of ether oxygens (including phenoxy) is 4. The van der Waals surface area contributed by atoms with Crippen molar-refractivity contribution in [2.45, 2.75) is 70.9 Å². The summed E-state index contributed by atoms with van der Waals surface area (Å²) in [6.07, 6.45) is -4.45. The number of methoxy groups -OCH3 is 1. The highest BCUT2D eigenvalue weighted by molar-refractivity contribution is 5.93. The van der Waals surface area contributed by atoms with Gasteiger partial charge >= 0.3 is 11.6 Å². The minimum atomic E-state index is -1.38. The zero-order valence-corrected chi connectivity index (χ0v) is 23.6. The van der Waals surface area contributed by atoms with E-state index < -0.39 is 41.8 Å². The summed E-state index contributed by atoms with van der Waals surface area (Å²) in [6.45, 7) is 11.6. The van der Waals surface area contributed by atoms with Crippen molar-refractivity contribution in [1.29, 1.82) is 0 Å². The summed E-state index contributed by atoms with van der Waals surface area (Å²) in [5.41, 5.74) is 1.40. The Morgan fingerprint density at radius 1 is 1.20 bits per heavy atom. The van der Waals surface area contributed by atoms with Crippen molar-refractivity contribution in [3.8, 4) is 5.75 Å². The summed E-state index contributed by atoms with van der Waals surface area (Å²) in [6, 6.07) is 8.79. The Balaban J connectivity index is 1.45. The van der Waals surface area contributed by atoms with Crippen LogP contribution in [-0.2, 0) is 14.2 Å². The molecule has 1 aromatic carbocycles. The number of aliphatic hydroxyl groups is 1. The van der Waals surface area contributed by atoms with Gasteiger partial charge in [-0.1, -0.05) is 0 Å². The van der Waals surface area contributed by atoms with Gasteiger partial charge in [0.2, 0.25) is 6.29 Å². The van der Waals surface area contributed by atoms with Crippen LogP contribution in [0.25, 0.3) is 11.0 Å². The number of nitrogens with zero attached hydrogens (tertiary/aromatic N) is 1. The van der Waals surface area contributed by atoms with E-state index >= 15 is 0 Å². The Morgan fingerprint density at radius 2 is 1.98 bits per heavy atom. The number of anilines is 1. The Bertz CT molecular complexity index is 1450. The minimum absolute atomic E-state index is 0.261. The van der Waals surface area contributed by atoms with Crippen LogP contribution in [0.2, 0.25) is 0 Å². The van der Waals surface area contributed by atoms with Crippen molar-refractivity contribution in [3.05, 3.63) is 57.7 Å². The van der Waals surface area contributed by atoms with Crippen molar-refractivity contribution < 1.29 is 33.3 Å². The summed E-state index contributed by atoms with van der Waals surface area (Å²) >= 11 is 0. The van der Waals surface area contributed by atoms with Crippen LogP contribution in [0, 0.1) is 13.8 Å². The minimum Gasteiger partial charge on any atom is -0.462 e. The Kier molecular flexibility index (Phi) is 7.66. The van der Waals surface area contributed by atoms with Gasteiger partial charge in [0.25, 0.3) is 0 Å². The van der Waals surface area contributed by atoms with Gasteiger partial charge < -0.3 is 43.7 Å². The molecule has 2 aliphatic heterocycles. The molecule has 0 saturated carbocycles. The number of aliphatic hydroxyl groups excluding tert-OH is 1. The first kappa shape index (κ1) is 28.2. The lowest BCUT2D eigenvalue weighted by atomic mass is 9.89. The van der Waals surface area contributed by atoms with Crippen LogP contribution in [0.15, 0.2) is 39.5 Å². The summed E-state index contributed by atoms with van der Waals surface area (Å²) < 4.78 is 29.3. The van der Waals surface area contributed by atoms with Gasteiger partial charge in [-0.25, -0.2) is 9.59 Å². The highest BCUT2D eigenvalue weighted by Gasteiger charge is 2.53. The molecule has 3 N–H and O–H groups in total. The SMILES string of the molecule is CO[C@@H]1[C@@H](OC(=O)c2ccc(C)[nH]2)[C@@H](O)[C@H](Oc2ccc3c(N4CCNC(C)C4)cc(=O)oc3c2C)OC1(C)C. The largest absolute Gasteiger partial charge is 0.462 e. The van der Waals surface area contributed by atoms with Crippen LogP contribution >= 0.6 is 0 Å². The van der Waals surface area contributed by atoms with Gasteiger partial charge in [0.1, 0.15) is 23.1 Å². The van der Waals surface area contributed by atoms with Gasteiger partial charge in [-0.15, -0.1) is 0 Å². The van der Waals surface area contributed by atoms with Crippen LogP contribution < -0.4 is 20.6 Å². The summed E-state index contributed by atoms with van der Waals surface area (Å²) in [7, 11) is 1.47. The van der Waals surface area contributed by atoms with Crippen LogP contribution in [-0.4, -0.2) is 79.0 Å². The quantitative estimate of drug-likeness (QED) is 0.308. The third-order valence-corrected chi connectivity index (χ3v) is 7.61. The van der Waals surface area contributed by atoms with E-state index in [4.69, 9.17) is 23.4 Å². The molecule has 1 unspecified atom stereocenters. The number of aromatic amines is 1. The predicted molar refractivity (Wildman–Crippen MR) is 148 cm³/mol. The average molecular weight is 556 g/mol. The molecule has 0 aliphatic carbocycles. The molecule has 216 valence electrons. The molecule has 2 saturated heterocycles. The third-order valence-electron chi connectivity index (χ3n) is 7.61. The molecular formula is C29H37N3O8.